The van der Waals surface area contributed by atoms with Gasteiger partial charge >= 0.3 is 0 Å². The second kappa shape index (κ2) is 4.79. The first-order chi connectivity index (χ1) is 7.33. The number of imidazole rings is 1. The number of piperidine rings is 1. The zero-order valence-electron chi connectivity index (χ0n) is 9.74. The van der Waals surface area contributed by atoms with E-state index < -0.39 is 0 Å². The molecule has 3 heteroatoms. The summed E-state index contributed by atoms with van der Waals surface area (Å²) in [4.78, 5) is 4.30. The van der Waals surface area contributed by atoms with Gasteiger partial charge in [-0.1, -0.05) is 6.92 Å². The van der Waals surface area contributed by atoms with Gasteiger partial charge in [-0.25, -0.2) is 4.98 Å². The van der Waals surface area contributed by atoms with E-state index >= 15 is 0 Å². The summed E-state index contributed by atoms with van der Waals surface area (Å²) in [5.41, 5.74) is 1.41. The predicted octanol–water partition coefficient (Wildman–Crippen LogP) is 2.32. The van der Waals surface area contributed by atoms with E-state index in [4.69, 9.17) is 0 Å². The van der Waals surface area contributed by atoms with Crippen molar-refractivity contribution >= 4 is 0 Å². The maximum atomic E-state index is 4.30. The van der Waals surface area contributed by atoms with Crippen LogP contribution in [0.1, 0.15) is 50.8 Å². The summed E-state index contributed by atoms with van der Waals surface area (Å²) < 4.78 is 2.34. The van der Waals surface area contributed by atoms with Crippen LogP contribution in [-0.4, -0.2) is 22.6 Å². The molecule has 1 aromatic rings. The topological polar surface area (TPSA) is 29.9 Å². The van der Waals surface area contributed by atoms with Gasteiger partial charge in [-0.15, -0.1) is 0 Å². The minimum atomic E-state index is 0.574. The molecule has 0 aromatic carbocycles. The van der Waals surface area contributed by atoms with Crippen molar-refractivity contribution in [2.24, 2.45) is 0 Å². The van der Waals surface area contributed by atoms with Crippen LogP contribution < -0.4 is 5.32 Å². The van der Waals surface area contributed by atoms with Crippen LogP contribution in [0.4, 0.5) is 0 Å². The second-order valence-electron chi connectivity index (χ2n) is 4.53. The number of nitrogens with one attached hydrogen (secondary N) is 1. The molecule has 0 saturated carbocycles. The highest BCUT2D eigenvalue weighted by molar-refractivity contribution is 5.09. The van der Waals surface area contributed by atoms with E-state index in [1.54, 1.807) is 0 Å². The first-order valence-corrected chi connectivity index (χ1v) is 6.05. The third-order valence-corrected chi connectivity index (χ3v) is 3.48. The Morgan fingerprint density at radius 3 is 3.20 bits per heavy atom. The van der Waals surface area contributed by atoms with Gasteiger partial charge in [0.1, 0.15) is 0 Å². The summed E-state index contributed by atoms with van der Waals surface area (Å²) >= 11 is 0. The van der Waals surface area contributed by atoms with Crippen molar-refractivity contribution in [2.75, 3.05) is 13.1 Å². The smallest absolute Gasteiger partial charge is 0.0950 e. The van der Waals surface area contributed by atoms with E-state index in [0.717, 1.165) is 6.54 Å². The van der Waals surface area contributed by atoms with Crippen LogP contribution in [0.15, 0.2) is 12.5 Å². The SMILES string of the molecule is CCC(C)n1cncc1C1CCCNC1. The van der Waals surface area contributed by atoms with Crippen molar-refractivity contribution < 1.29 is 0 Å². The first-order valence-electron chi connectivity index (χ1n) is 6.05. The van der Waals surface area contributed by atoms with Gasteiger partial charge in [0, 0.05) is 30.4 Å². The number of nitrogens with zero attached hydrogens (tertiary/aromatic N) is 2. The fourth-order valence-electron chi connectivity index (χ4n) is 2.30. The van der Waals surface area contributed by atoms with Crippen molar-refractivity contribution in [1.29, 1.82) is 0 Å². The van der Waals surface area contributed by atoms with Gasteiger partial charge in [-0.3, -0.25) is 0 Å². The Hall–Kier alpha value is -0.830. The number of hydrogen-bond acceptors (Lipinski definition) is 2. The average molecular weight is 207 g/mol. The monoisotopic (exact) mass is 207 g/mol. The number of hydrogen-bond donors (Lipinski definition) is 1. The van der Waals surface area contributed by atoms with Crippen LogP contribution >= 0.6 is 0 Å². The van der Waals surface area contributed by atoms with Crippen LogP contribution in [0.3, 0.4) is 0 Å². The number of aromatic nitrogens is 2. The van der Waals surface area contributed by atoms with Crippen LogP contribution in [-0.2, 0) is 0 Å². The normalized spacial score (nSPS) is 24.0. The lowest BCUT2D eigenvalue weighted by atomic mass is 9.96. The van der Waals surface area contributed by atoms with E-state index in [1.807, 2.05) is 12.5 Å². The van der Waals surface area contributed by atoms with E-state index in [9.17, 15) is 0 Å². The summed E-state index contributed by atoms with van der Waals surface area (Å²) in [5, 5.41) is 3.47. The summed E-state index contributed by atoms with van der Waals surface area (Å²) in [7, 11) is 0. The maximum absolute atomic E-state index is 4.30. The summed E-state index contributed by atoms with van der Waals surface area (Å²) in [5.74, 6) is 0.662. The second-order valence-corrected chi connectivity index (χ2v) is 4.53. The molecule has 1 fully saturated rings. The lowest BCUT2D eigenvalue weighted by Crippen LogP contribution is -2.29. The van der Waals surface area contributed by atoms with Crippen LogP contribution in [0.2, 0.25) is 0 Å². The molecule has 1 N–H and O–H groups in total. The zero-order chi connectivity index (χ0) is 10.7. The molecule has 2 atom stereocenters. The van der Waals surface area contributed by atoms with Crippen molar-refractivity contribution in [3.8, 4) is 0 Å². The van der Waals surface area contributed by atoms with Gasteiger partial charge in [0.2, 0.25) is 0 Å². The van der Waals surface area contributed by atoms with Gasteiger partial charge in [0.05, 0.1) is 6.33 Å². The Kier molecular flexibility index (Phi) is 3.41. The molecule has 2 heterocycles. The van der Waals surface area contributed by atoms with Gasteiger partial charge in [-0.05, 0) is 32.7 Å². The van der Waals surface area contributed by atoms with E-state index in [2.05, 4.69) is 28.7 Å². The van der Waals surface area contributed by atoms with E-state index in [-0.39, 0.29) is 0 Å². The minimum Gasteiger partial charge on any atom is -0.332 e. The average Bonchev–Trinajstić information content (AvgIpc) is 2.78. The van der Waals surface area contributed by atoms with Crippen LogP contribution in [0, 0.1) is 0 Å². The standard InChI is InChI=1S/C12H21N3/c1-3-10(2)15-9-14-8-12(15)11-5-4-6-13-7-11/h8-11,13H,3-7H2,1-2H3. The van der Waals surface area contributed by atoms with Crippen molar-refractivity contribution in [3.63, 3.8) is 0 Å². The molecule has 84 valence electrons. The molecule has 0 radical (unpaired) electrons. The van der Waals surface area contributed by atoms with Crippen molar-refractivity contribution in [2.45, 2.75) is 45.1 Å². The lowest BCUT2D eigenvalue weighted by molar-refractivity contribution is 0.421. The molecule has 2 rings (SSSR count). The highest BCUT2D eigenvalue weighted by atomic mass is 15.1. The summed E-state index contributed by atoms with van der Waals surface area (Å²) in [6, 6.07) is 0.574. The molecule has 1 aromatic heterocycles. The van der Waals surface area contributed by atoms with Crippen LogP contribution in [0.25, 0.3) is 0 Å². The van der Waals surface area contributed by atoms with Gasteiger partial charge < -0.3 is 9.88 Å². The molecule has 15 heavy (non-hydrogen) atoms. The van der Waals surface area contributed by atoms with E-state index in [0.29, 0.717) is 12.0 Å². The Morgan fingerprint density at radius 1 is 1.67 bits per heavy atom. The van der Waals surface area contributed by atoms with Gasteiger partial charge in [0.25, 0.3) is 0 Å². The molecule has 1 saturated heterocycles. The van der Waals surface area contributed by atoms with Gasteiger partial charge in [0.15, 0.2) is 0 Å². The number of rotatable bonds is 3. The Bertz CT molecular complexity index is 300. The fraction of sp³-hybridized carbons (Fsp3) is 0.750. The largest absolute Gasteiger partial charge is 0.332 e. The molecule has 0 aliphatic carbocycles. The van der Waals surface area contributed by atoms with Crippen molar-refractivity contribution in [1.82, 2.24) is 14.9 Å². The quantitative estimate of drug-likeness (QED) is 0.824. The minimum absolute atomic E-state index is 0.574. The third kappa shape index (κ3) is 2.23. The molecule has 3 nitrogen and oxygen atoms in total. The molecule has 1 aliphatic rings. The van der Waals surface area contributed by atoms with Crippen LogP contribution in [0.5, 0.6) is 0 Å². The summed E-state index contributed by atoms with van der Waals surface area (Å²) in [6.07, 6.45) is 7.79. The third-order valence-electron chi connectivity index (χ3n) is 3.48. The maximum Gasteiger partial charge on any atom is 0.0950 e. The molecule has 0 bridgehead atoms. The molecular weight excluding hydrogens is 186 g/mol. The zero-order valence-corrected chi connectivity index (χ0v) is 9.74. The molecule has 0 amide bonds. The molecule has 2 unspecified atom stereocenters. The van der Waals surface area contributed by atoms with E-state index in [1.165, 1.54) is 31.5 Å². The molecular formula is C12H21N3. The predicted molar refractivity (Wildman–Crippen MR) is 62.1 cm³/mol. The fourth-order valence-corrected chi connectivity index (χ4v) is 2.30. The van der Waals surface area contributed by atoms with Gasteiger partial charge in [-0.2, -0.15) is 0 Å². The first kappa shape index (κ1) is 10.7. The Balaban J connectivity index is 2.15. The lowest BCUT2D eigenvalue weighted by Gasteiger charge is -2.25. The molecule has 1 aliphatic heterocycles. The Labute approximate surface area is 91.9 Å². The summed E-state index contributed by atoms with van der Waals surface area (Å²) in [6.45, 7) is 6.78. The Morgan fingerprint density at radius 2 is 2.53 bits per heavy atom. The molecule has 0 spiro atoms. The highest BCUT2D eigenvalue weighted by Gasteiger charge is 2.19. The van der Waals surface area contributed by atoms with Crippen molar-refractivity contribution in [3.05, 3.63) is 18.2 Å². The highest BCUT2D eigenvalue weighted by Crippen LogP contribution is 2.25.